The number of benzene rings is 1. The van der Waals surface area contributed by atoms with Gasteiger partial charge < -0.3 is 9.64 Å². The Bertz CT molecular complexity index is 549. The molecule has 1 unspecified atom stereocenters. The minimum atomic E-state index is -0.331. The Morgan fingerprint density at radius 1 is 1.24 bits per heavy atom. The zero-order valence-electron chi connectivity index (χ0n) is 12.4. The quantitative estimate of drug-likeness (QED) is 0.798. The Labute approximate surface area is 125 Å². The van der Waals surface area contributed by atoms with Crippen LogP contribution in [0.1, 0.15) is 42.7 Å². The fraction of sp³-hybridized carbons (Fsp3) is 0.529. The number of fused-ring (bicyclic) bond motifs is 1. The number of amides is 1. The number of rotatable bonds is 4. The summed E-state index contributed by atoms with van der Waals surface area (Å²) in [6.07, 6.45) is 5.06. The van der Waals surface area contributed by atoms with Crippen molar-refractivity contribution < 1.29 is 14.3 Å². The SMILES string of the molecule is COC(=O)CN(C(=O)C1Cc2ccccc21)C1CCCC1. The molecule has 3 rings (SSSR count). The van der Waals surface area contributed by atoms with Crippen molar-refractivity contribution in [2.75, 3.05) is 13.7 Å². The number of nitrogens with zero attached hydrogens (tertiary/aromatic N) is 1. The summed E-state index contributed by atoms with van der Waals surface area (Å²) >= 11 is 0. The van der Waals surface area contributed by atoms with Crippen LogP contribution < -0.4 is 0 Å². The maximum absolute atomic E-state index is 12.8. The molecule has 0 heterocycles. The summed E-state index contributed by atoms with van der Waals surface area (Å²) in [7, 11) is 1.37. The van der Waals surface area contributed by atoms with Crippen molar-refractivity contribution in [2.24, 2.45) is 0 Å². The lowest BCUT2D eigenvalue weighted by molar-refractivity contribution is -0.149. The van der Waals surface area contributed by atoms with Crippen LogP contribution in [-0.4, -0.2) is 36.5 Å². The van der Waals surface area contributed by atoms with Crippen LogP contribution in [0, 0.1) is 0 Å². The molecule has 2 aliphatic carbocycles. The number of carbonyl (C=O) groups excluding carboxylic acids is 2. The van der Waals surface area contributed by atoms with Crippen LogP contribution in [0.25, 0.3) is 0 Å². The average molecular weight is 287 g/mol. The molecule has 0 radical (unpaired) electrons. The number of esters is 1. The van der Waals surface area contributed by atoms with Crippen molar-refractivity contribution in [1.82, 2.24) is 4.90 Å². The van der Waals surface area contributed by atoms with E-state index in [1.165, 1.54) is 12.7 Å². The standard InChI is InChI=1S/C17H21NO3/c1-21-16(19)11-18(13-7-3-4-8-13)17(20)15-10-12-6-2-5-9-14(12)15/h2,5-6,9,13,15H,3-4,7-8,10-11H2,1H3. The fourth-order valence-corrected chi connectivity index (χ4v) is 3.49. The van der Waals surface area contributed by atoms with Gasteiger partial charge in [-0.15, -0.1) is 0 Å². The highest BCUT2D eigenvalue weighted by molar-refractivity contribution is 5.89. The highest BCUT2D eigenvalue weighted by Gasteiger charge is 2.38. The Kier molecular flexibility index (Phi) is 3.95. The van der Waals surface area contributed by atoms with Gasteiger partial charge in [-0.05, 0) is 30.4 Å². The van der Waals surface area contributed by atoms with E-state index in [1.807, 2.05) is 18.2 Å². The number of ether oxygens (including phenoxy) is 1. The van der Waals surface area contributed by atoms with E-state index >= 15 is 0 Å². The van der Waals surface area contributed by atoms with E-state index in [0.717, 1.165) is 37.7 Å². The number of hydrogen-bond donors (Lipinski definition) is 0. The van der Waals surface area contributed by atoms with Crippen molar-refractivity contribution in [2.45, 2.75) is 44.1 Å². The fourth-order valence-electron chi connectivity index (χ4n) is 3.49. The topological polar surface area (TPSA) is 46.6 Å². The van der Waals surface area contributed by atoms with Crippen LogP contribution >= 0.6 is 0 Å². The van der Waals surface area contributed by atoms with Crippen LogP contribution in [0.3, 0.4) is 0 Å². The lowest BCUT2D eigenvalue weighted by Crippen LogP contribution is -2.47. The molecule has 1 aromatic rings. The molecule has 4 nitrogen and oxygen atoms in total. The maximum atomic E-state index is 12.8. The Balaban J connectivity index is 1.76. The second-order valence-corrected chi connectivity index (χ2v) is 5.94. The molecule has 21 heavy (non-hydrogen) atoms. The summed E-state index contributed by atoms with van der Waals surface area (Å²) in [4.78, 5) is 26.2. The summed E-state index contributed by atoms with van der Waals surface area (Å²) < 4.78 is 4.76. The maximum Gasteiger partial charge on any atom is 0.325 e. The molecule has 1 saturated carbocycles. The van der Waals surface area contributed by atoms with E-state index < -0.39 is 0 Å². The van der Waals surface area contributed by atoms with Crippen molar-refractivity contribution in [3.8, 4) is 0 Å². The van der Waals surface area contributed by atoms with Gasteiger partial charge in [-0.2, -0.15) is 0 Å². The first-order valence-electron chi connectivity index (χ1n) is 7.66. The lowest BCUT2D eigenvalue weighted by atomic mass is 9.76. The van der Waals surface area contributed by atoms with Gasteiger partial charge >= 0.3 is 5.97 Å². The first kappa shape index (κ1) is 14.1. The average Bonchev–Trinajstić information content (AvgIpc) is 2.99. The minimum absolute atomic E-state index is 0.0774. The summed E-state index contributed by atoms with van der Waals surface area (Å²) in [5.74, 6) is -0.319. The van der Waals surface area contributed by atoms with E-state index in [2.05, 4.69) is 6.07 Å². The molecule has 1 amide bonds. The van der Waals surface area contributed by atoms with E-state index in [-0.39, 0.29) is 30.4 Å². The Morgan fingerprint density at radius 3 is 2.62 bits per heavy atom. The molecule has 0 N–H and O–H groups in total. The van der Waals surface area contributed by atoms with Gasteiger partial charge in [0.1, 0.15) is 6.54 Å². The number of carbonyl (C=O) groups is 2. The van der Waals surface area contributed by atoms with Crippen LogP contribution in [0.15, 0.2) is 24.3 Å². The van der Waals surface area contributed by atoms with Gasteiger partial charge in [-0.3, -0.25) is 9.59 Å². The molecule has 1 fully saturated rings. The van der Waals surface area contributed by atoms with Gasteiger partial charge in [-0.1, -0.05) is 37.1 Å². The van der Waals surface area contributed by atoms with Crippen molar-refractivity contribution >= 4 is 11.9 Å². The summed E-state index contributed by atoms with van der Waals surface area (Å²) in [5.41, 5.74) is 2.37. The zero-order valence-corrected chi connectivity index (χ0v) is 12.4. The molecule has 0 aliphatic heterocycles. The molecule has 0 aromatic heterocycles. The summed E-state index contributed by atoms with van der Waals surface area (Å²) in [6, 6.07) is 8.26. The molecule has 2 aliphatic rings. The van der Waals surface area contributed by atoms with E-state index in [9.17, 15) is 9.59 Å². The third-order valence-electron chi connectivity index (χ3n) is 4.73. The van der Waals surface area contributed by atoms with Crippen LogP contribution in [0.4, 0.5) is 0 Å². The third-order valence-corrected chi connectivity index (χ3v) is 4.73. The van der Waals surface area contributed by atoms with E-state index in [4.69, 9.17) is 4.74 Å². The van der Waals surface area contributed by atoms with Gasteiger partial charge in [0.15, 0.2) is 0 Å². The molecule has 0 saturated heterocycles. The first-order valence-corrected chi connectivity index (χ1v) is 7.66. The Morgan fingerprint density at radius 2 is 1.95 bits per heavy atom. The van der Waals surface area contributed by atoms with Gasteiger partial charge in [0.2, 0.25) is 5.91 Å². The number of hydrogen-bond acceptors (Lipinski definition) is 3. The molecular formula is C17H21NO3. The van der Waals surface area contributed by atoms with Gasteiger partial charge in [0.25, 0.3) is 0 Å². The second kappa shape index (κ2) is 5.88. The Hall–Kier alpha value is -1.84. The highest BCUT2D eigenvalue weighted by Crippen LogP contribution is 2.37. The largest absolute Gasteiger partial charge is 0.468 e. The van der Waals surface area contributed by atoms with Crippen molar-refractivity contribution in [3.63, 3.8) is 0 Å². The smallest absolute Gasteiger partial charge is 0.325 e. The lowest BCUT2D eigenvalue weighted by Gasteiger charge is -2.36. The first-order chi connectivity index (χ1) is 10.2. The third kappa shape index (κ3) is 2.67. The van der Waals surface area contributed by atoms with Crippen LogP contribution in [0.2, 0.25) is 0 Å². The van der Waals surface area contributed by atoms with Gasteiger partial charge in [-0.25, -0.2) is 0 Å². The minimum Gasteiger partial charge on any atom is -0.468 e. The molecule has 1 aromatic carbocycles. The zero-order chi connectivity index (χ0) is 14.8. The number of methoxy groups -OCH3 is 1. The van der Waals surface area contributed by atoms with E-state index in [0.29, 0.717) is 0 Å². The highest BCUT2D eigenvalue weighted by atomic mass is 16.5. The predicted octanol–water partition coefficient (Wildman–Crippen LogP) is 2.27. The van der Waals surface area contributed by atoms with Crippen LogP contribution in [-0.2, 0) is 20.7 Å². The molecule has 0 bridgehead atoms. The molecule has 112 valence electrons. The van der Waals surface area contributed by atoms with Crippen LogP contribution in [0.5, 0.6) is 0 Å². The van der Waals surface area contributed by atoms with Gasteiger partial charge in [0.05, 0.1) is 13.0 Å². The molecule has 4 heteroatoms. The molecule has 0 spiro atoms. The van der Waals surface area contributed by atoms with Gasteiger partial charge in [0, 0.05) is 6.04 Å². The molecular weight excluding hydrogens is 266 g/mol. The summed E-state index contributed by atoms with van der Waals surface area (Å²) in [6.45, 7) is 0.0820. The molecule has 1 atom stereocenters. The van der Waals surface area contributed by atoms with E-state index in [1.54, 1.807) is 4.90 Å². The summed E-state index contributed by atoms with van der Waals surface area (Å²) in [5, 5.41) is 0. The predicted molar refractivity (Wildman–Crippen MR) is 78.9 cm³/mol. The second-order valence-electron chi connectivity index (χ2n) is 5.94. The normalized spacial score (nSPS) is 20.5. The van der Waals surface area contributed by atoms with Crippen molar-refractivity contribution in [1.29, 1.82) is 0 Å². The van der Waals surface area contributed by atoms with Crippen molar-refractivity contribution in [3.05, 3.63) is 35.4 Å². The monoisotopic (exact) mass is 287 g/mol.